The molecule has 0 bridgehead atoms. The number of alkyl halides is 3. The first kappa shape index (κ1) is 26.0. The van der Waals surface area contributed by atoms with Gasteiger partial charge in [-0.2, -0.15) is 18.2 Å². The highest BCUT2D eigenvalue weighted by Gasteiger charge is 2.38. The predicted molar refractivity (Wildman–Crippen MR) is 134 cm³/mol. The molecular formula is C25H26F4N4O3S. The van der Waals surface area contributed by atoms with E-state index in [2.05, 4.69) is 10.3 Å². The zero-order valence-electron chi connectivity index (χ0n) is 20.1. The van der Waals surface area contributed by atoms with Crippen LogP contribution in [0.15, 0.2) is 40.0 Å². The molecule has 1 fully saturated rings. The highest BCUT2D eigenvalue weighted by molar-refractivity contribution is 7.99. The van der Waals surface area contributed by atoms with E-state index in [4.69, 9.17) is 9.47 Å². The first-order valence-corrected chi connectivity index (χ1v) is 12.9. The third-order valence-corrected chi connectivity index (χ3v) is 7.72. The molecule has 0 radical (unpaired) electrons. The molecule has 2 aliphatic rings. The second-order valence-electron chi connectivity index (χ2n) is 8.89. The monoisotopic (exact) mass is 538 g/mol. The Hall–Kier alpha value is -2.67. The largest absolute Gasteiger partial charge is 0.417 e. The number of ether oxygens (including phenoxy) is 2. The lowest BCUT2D eigenvalue weighted by Crippen LogP contribution is -2.45. The van der Waals surface area contributed by atoms with Gasteiger partial charge in [0.15, 0.2) is 0 Å². The second-order valence-corrected chi connectivity index (χ2v) is 9.92. The summed E-state index contributed by atoms with van der Waals surface area (Å²) in [6, 6.07) is 6.03. The fourth-order valence-corrected chi connectivity index (χ4v) is 6.06. The minimum Gasteiger partial charge on any atom is -0.382 e. The molecule has 1 saturated heterocycles. The first-order chi connectivity index (χ1) is 17.8. The van der Waals surface area contributed by atoms with E-state index in [9.17, 15) is 22.4 Å². The van der Waals surface area contributed by atoms with E-state index in [0.29, 0.717) is 49.0 Å². The summed E-state index contributed by atoms with van der Waals surface area (Å²) in [7, 11) is 1.54. The summed E-state index contributed by atoms with van der Waals surface area (Å²) in [6.07, 6.45) is -5.15. The van der Waals surface area contributed by atoms with Crippen LogP contribution in [0.4, 0.5) is 23.4 Å². The Morgan fingerprint density at radius 2 is 1.89 bits per heavy atom. The zero-order valence-corrected chi connectivity index (χ0v) is 20.9. The fourth-order valence-electron chi connectivity index (χ4n) is 4.78. The number of methoxy groups -OCH3 is 1. The molecule has 3 heterocycles. The molecule has 1 atom stereocenters. The summed E-state index contributed by atoms with van der Waals surface area (Å²) < 4.78 is 69.8. The van der Waals surface area contributed by atoms with Crippen molar-refractivity contribution in [2.24, 2.45) is 0 Å². The zero-order chi connectivity index (χ0) is 26.2. The Morgan fingerprint density at radius 3 is 2.57 bits per heavy atom. The van der Waals surface area contributed by atoms with Gasteiger partial charge in [0.05, 0.1) is 36.9 Å². The summed E-state index contributed by atoms with van der Waals surface area (Å²) >= 11 is 1.21. The molecule has 2 aromatic carbocycles. The smallest absolute Gasteiger partial charge is 0.382 e. The lowest BCUT2D eigenvalue weighted by Gasteiger charge is -2.30. The van der Waals surface area contributed by atoms with Gasteiger partial charge in [-0.25, -0.2) is 9.18 Å². The number of anilines is 1. The van der Waals surface area contributed by atoms with Crippen LogP contribution in [0.1, 0.15) is 5.56 Å². The van der Waals surface area contributed by atoms with Crippen molar-refractivity contribution >= 4 is 28.5 Å². The van der Waals surface area contributed by atoms with Crippen molar-refractivity contribution in [2.45, 2.75) is 23.7 Å². The van der Waals surface area contributed by atoms with Crippen LogP contribution in [0.3, 0.4) is 0 Å². The normalized spacial score (nSPS) is 18.3. The van der Waals surface area contributed by atoms with E-state index in [1.807, 2.05) is 4.90 Å². The summed E-state index contributed by atoms with van der Waals surface area (Å²) in [5.41, 5.74) is -0.862. The van der Waals surface area contributed by atoms with Crippen LogP contribution in [-0.4, -0.2) is 67.9 Å². The molecule has 37 heavy (non-hydrogen) atoms. The Kier molecular flexibility index (Phi) is 7.44. The lowest BCUT2D eigenvalue weighted by atomic mass is 9.96. The number of piperazine rings is 1. The molecule has 1 aromatic heterocycles. The highest BCUT2D eigenvalue weighted by atomic mass is 32.2. The molecule has 7 nitrogen and oxygen atoms in total. The van der Waals surface area contributed by atoms with E-state index in [0.717, 1.165) is 18.2 Å². The van der Waals surface area contributed by atoms with Crippen molar-refractivity contribution in [3.63, 3.8) is 0 Å². The number of hydrogen-bond acceptors (Lipinski definition) is 7. The Morgan fingerprint density at radius 1 is 1.16 bits per heavy atom. The van der Waals surface area contributed by atoms with Crippen LogP contribution in [0.25, 0.3) is 22.0 Å². The maximum absolute atomic E-state index is 14.6. The first-order valence-electron chi connectivity index (χ1n) is 11.9. The van der Waals surface area contributed by atoms with Crippen LogP contribution in [0, 0.1) is 5.82 Å². The van der Waals surface area contributed by atoms with Gasteiger partial charge < -0.3 is 19.7 Å². The van der Waals surface area contributed by atoms with Crippen LogP contribution in [0.2, 0.25) is 0 Å². The number of thioether (sulfide) groups is 1. The average molecular weight is 539 g/mol. The van der Waals surface area contributed by atoms with Gasteiger partial charge in [-0.1, -0.05) is 12.1 Å². The van der Waals surface area contributed by atoms with E-state index in [1.54, 1.807) is 7.11 Å². The van der Waals surface area contributed by atoms with Gasteiger partial charge in [-0.05, 0) is 23.8 Å². The molecular weight excluding hydrogens is 512 g/mol. The van der Waals surface area contributed by atoms with Gasteiger partial charge in [-0.15, -0.1) is 11.8 Å². The number of nitrogens with one attached hydrogen (secondary N) is 1. The highest BCUT2D eigenvalue weighted by Crippen LogP contribution is 2.48. The maximum Gasteiger partial charge on any atom is 0.417 e. The Labute approximate surface area is 214 Å². The number of nitrogens with zero attached hydrogens (tertiary/aromatic N) is 3. The number of aromatic nitrogens is 2. The van der Waals surface area contributed by atoms with Crippen LogP contribution in [-0.2, 0) is 22.2 Å². The van der Waals surface area contributed by atoms with Crippen molar-refractivity contribution in [3.05, 3.63) is 52.2 Å². The molecule has 1 unspecified atom stereocenters. The van der Waals surface area contributed by atoms with Crippen LogP contribution < -0.4 is 15.9 Å². The van der Waals surface area contributed by atoms with Gasteiger partial charge in [-0.3, -0.25) is 4.57 Å². The molecule has 2 aliphatic heterocycles. The minimum absolute atomic E-state index is 0.0758. The van der Waals surface area contributed by atoms with Gasteiger partial charge in [0.2, 0.25) is 0 Å². The summed E-state index contributed by atoms with van der Waals surface area (Å²) in [5, 5.41) is 3.47. The SMILES string of the molecule is COCCOC1CSc2c(-c3ccc(F)cc3)c(C(F)(F)F)cc3c(N4CCNCC4)nc(=O)n(c23)C1. The van der Waals surface area contributed by atoms with Crippen molar-refractivity contribution in [2.75, 3.05) is 57.2 Å². The van der Waals surface area contributed by atoms with Crippen molar-refractivity contribution in [1.29, 1.82) is 0 Å². The quantitative estimate of drug-likeness (QED) is 0.379. The van der Waals surface area contributed by atoms with Crippen molar-refractivity contribution in [1.82, 2.24) is 14.9 Å². The summed E-state index contributed by atoms with van der Waals surface area (Å²) in [5.74, 6) is 0.0122. The van der Waals surface area contributed by atoms with E-state index >= 15 is 0 Å². The number of rotatable bonds is 6. The van der Waals surface area contributed by atoms with Gasteiger partial charge in [0.25, 0.3) is 0 Å². The third kappa shape index (κ3) is 5.20. The van der Waals surface area contributed by atoms with Gasteiger partial charge >= 0.3 is 11.9 Å². The predicted octanol–water partition coefficient (Wildman–Crippen LogP) is 3.77. The standard InChI is InChI=1S/C25H26F4N4O3S/c1-35-10-11-36-17-13-33-21-18(23(31-24(33)34)32-8-6-30-7-9-32)12-19(25(27,28)29)20(22(21)37-14-17)15-2-4-16(26)5-3-15/h2-5,12,17,30H,6-11,13-14H2,1H3. The molecule has 12 heteroatoms. The topological polar surface area (TPSA) is 68.6 Å². The maximum atomic E-state index is 14.6. The molecule has 0 saturated carbocycles. The van der Waals surface area contributed by atoms with E-state index < -0.39 is 29.4 Å². The molecule has 0 amide bonds. The number of benzene rings is 2. The number of hydrogen-bond donors (Lipinski definition) is 1. The van der Waals surface area contributed by atoms with Crippen LogP contribution >= 0.6 is 11.8 Å². The van der Waals surface area contributed by atoms with Crippen LogP contribution in [0.5, 0.6) is 0 Å². The molecule has 1 N–H and O–H groups in total. The molecule has 3 aromatic rings. The van der Waals surface area contributed by atoms with Crippen molar-refractivity contribution < 1.29 is 27.0 Å². The third-order valence-electron chi connectivity index (χ3n) is 6.49. The van der Waals surface area contributed by atoms with Crippen molar-refractivity contribution in [3.8, 4) is 11.1 Å². The Bertz CT molecular complexity index is 1340. The molecule has 198 valence electrons. The summed E-state index contributed by atoms with van der Waals surface area (Å²) in [6.45, 7) is 3.04. The average Bonchev–Trinajstić information content (AvgIpc) is 3.07. The van der Waals surface area contributed by atoms with E-state index in [1.165, 1.54) is 28.5 Å². The molecule has 5 rings (SSSR count). The molecule has 0 spiro atoms. The number of halogens is 4. The van der Waals surface area contributed by atoms with Gasteiger partial charge in [0, 0.05) is 54.9 Å². The summed E-state index contributed by atoms with van der Waals surface area (Å²) in [4.78, 5) is 19.8. The Balaban J connectivity index is 1.80. The fraction of sp³-hybridized carbons (Fsp3) is 0.440. The minimum atomic E-state index is -4.70. The molecule has 0 aliphatic carbocycles. The second kappa shape index (κ2) is 10.6. The van der Waals surface area contributed by atoms with E-state index in [-0.39, 0.29) is 35.5 Å². The van der Waals surface area contributed by atoms with Gasteiger partial charge in [0.1, 0.15) is 11.6 Å². The lowest BCUT2D eigenvalue weighted by molar-refractivity contribution is -0.137.